The van der Waals surface area contributed by atoms with Crippen LogP contribution in [0.1, 0.15) is 11.1 Å². The van der Waals surface area contributed by atoms with Crippen LogP contribution in [0.4, 0.5) is 0 Å². The first-order chi connectivity index (χ1) is 13.9. The molecule has 10 heteroatoms. The smallest absolute Gasteiger partial charge is 0.872 e. The number of rotatable bonds is 11. The summed E-state index contributed by atoms with van der Waals surface area (Å²) in [4.78, 5) is 25.3. The molecule has 2 rings (SSSR count). The Morgan fingerprint density at radius 3 is 1.73 bits per heavy atom. The summed E-state index contributed by atoms with van der Waals surface area (Å²) in [6.45, 7) is 0.495. The first kappa shape index (κ1) is 27.5. The zero-order chi connectivity index (χ0) is 21.6. The predicted molar refractivity (Wildman–Crippen MR) is 95.5 cm³/mol. The van der Waals surface area contributed by atoms with Gasteiger partial charge in [-0.1, -0.05) is 54.6 Å². The predicted octanol–water partition coefficient (Wildman–Crippen LogP) is -2.62. The third-order valence-corrected chi connectivity index (χ3v) is 4.05. The molecule has 0 heterocycles. The van der Waals surface area contributed by atoms with Gasteiger partial charge in [0.05, 0.1) is 11.9 Å². The third-order valence-electron chi connectivity index (χ3n) is 4.05. The Morgan fingerprint density at radius 2 is 1.23 bits per heavy atom. The number of nitrogens with zero attached hydrogens (tertiary/aromatic N) is 2. The van der Waals surface area contributed by atoms with Gasteiger partial charge in [0, 0.05) is 39.3 Å². The minimum absolute atomic E-state index is 0. The molecule has 0 saturated carbocycles. The first-order valence-corrected chi connectivity index (χ1v) is 8.75. The topological polar surface area (TPSA) is 153 Å². The summed E-state index contributed by atoms with van der Waals surface area (Å²) >= 11 is 0. The zero-order valence-corrected chi connectivity index (χ0v) is 17.2. The average molecular weight is 458 g/mol. The van der Waals surface area contributed by atoms with E-state index < -0.39 is 11.9 Å². The molecular weight excluding hydrogens is 436 g/mol. The number of benzene rings is 2. The number of aliphatic carboxylic acids is 2. The largest absolute Gasteiger partial charge is 3.00 e. The van der Waals surface area contributed by atoms with Crippen LogP contribution in [0.15, 0.2) is 54.6 Å². The van der Waals surface area contributed by atoms with Crippen molar-refractivity contribution < 1.29 is 52.5 Å². The maximum atomic E-state index is 11.9. The van der Waals surface area contributed by atoms with Crippen LogP contribution < -0.4 is 20.6 Å². The molecule has 0 fully saturated rings. The monoisotopic (exact) mass is 458 g/mol. The number of para-hydroxylation sites is 1. The second-order valence-corrected chi connectivity index (χ2v) is 6.26. The van der Waals surface area contributed by atoms with E-state index in [0.29, 0.717) is 18.7 Å². The van der Waals surface area contributed by atoms with E-state index in [1.165, 1.54) is 6.07 Å². The van der Waals surface area contributed by atoms with Gasteiger partial charge < -0.3 is 35.4 Å². The summed E-state index contributed by atoms with van der Waals surface area (Å²) in [5.41, 5.74) is 1.42. The van der Waals surface area contributed by atoms with Crippen LogP contribution in [0.25, 0.3) is 0 Å². The van der Waals surface area contributed by atoms with Crippen LogP contribution >= 0.6 is 0 Å². The molecule has 0 aromatic heterocycles. The molecule has 30 heavy (non-hydrogen) atoms. The summed E-state index contributed by atoms with van der Waals surface area (Å²) in [5.74, 6) is -2.63. The summed E-state index contributed by atoms with van der Waals surface area (Å²) in [6, 6.07) is 15.8. The van der Waals surface area contributed by atoms with E-state index in [-0.39, 0.29) is 49.0 Å². The Hall–Kier alpha value is -2.46. The summed E-state index contributed by atoms with van der Waals surface area (Å²) in [7, 11) is 0. The van der Waals surface area contributed by atoms with Crippen LogP contribution in [-0.4, -0.2) is 53.2 Å². The molecule has 2 aromatic rings. The molecule has 163 valence electrons. The minimum atomic E-state index is -1.26. The van der Waals surface area contributed by atoms with Gasteiger partial charge in [-0.2, -0.15) is 0 Å². The number of carboxylic acids is 2. The van der Waals surface area contributed by atoms with Gasteiger partial charge in [0.2, 0.25) is 0 Å². The van der Waals surface area contributed by atoms with Crippen LogP contribution in [0.5, 0.6) is 5.75 Å². The zero-order valence-electron chi connectivity index (χ0n) is 16.1. The Kier molecular flexibility index (Phi) is 14.1. The number of hydrogen-bond donors (Lipinski definition) is 1. The van der Waals surface area contributed by atoms with Crippen molar-refractivity contribution in [2.75, 3.05) is 26.2 Å². The van der Waals surface area contributed by atoms with Gasteiger partial charge in [-0.3, -0.25) is 9.80 Å². The maximum Gasteiger partial charge on any atom is 3.00 e. The molecular formula is C20H22FeN2O7-. The van der Waals surface area contributed by atoms with Crippen molar-refractivity contribution in [3.63, 3.8) is 0 Å². The molecule has 1 N–H and O–H groups in total. The van der Waals surface area contributed by atoms with E-state index in [1.54, 1.807) is 28.0 Å². The van der Waals surface area contributed by atoms with Crippen molar-refractivity contribution in [1.29, 1.82) is 0 Å². The SMILES string of the molecule is O=C([O-])CN(CCN(CC(=O)[O-])Cc1ccccc1[O-])Cc1ccccc1.[Fe+3].[O-]O. The van der Waals surface area contributed by atoms with Crippen molar-refractivity contribution in [1.82, 2.24) is 9.80 Å². The molecule has 0 saturated heterocycles. The molecule has 0 aliphatic carbocycles. The molecule has 0 aliphatic heterocycles. The van der Waals surface area contributed by atoms with E-state index in [0.717, 1.165) is 5.56 Å². The molecule has 0 amide bonds. The van der Waals surface area contributed by atoms with Crippen LogP contribution in [0, 0.1) is 0 Å². The van der Waals surface area contributed by atoms with E-state index in [1.807, 2.05) is 30.3 Å². The number of carboxylic acid groups (broad SMARTS) is 2. The van der Waals surface area contributed by atoms with Crippen LogP contribution in [0.2, 0.25) is 0 Å². The molecule has 0 unspecified atom stereocenters. The third kappa shape index (κ3) is 10.9. The van der Waals surface area contributed by atoms with Crippen molar-refractivity contribution in [2.45, 2.75) is 13.1 Å². The molecule has 0 aliphatic rings. The first-order valence-electron chi connectivity index (χ1n) is 8.75. The van der Waals surface area contributed by atoms with Crippen LogP contribution in [0.3, 0.4) is 0 Å². The number of carbonyl (C=O) groups is 2. The van der Waals surface area contributed by atoms with Crippen molar-refractivity contribution in [2.24, 2.45) is 0 Å². The van der Waals surface area contributed by atoms with Gasteiger partial charge in [0.15, 0.2) is 0 Å². The fraction of sp³-hybridized carbons (Fsp3) is 0.300. The minimum Gasteiger partial charge on any atom is -0.872 e. The Labute approximate surface area is 185 Å². The number of hydrogen-bond acceptors (Lipinski definition) is 9. The van der Waals surface area contributed by atoms with Crippen molar-refractivity contribution in [3.8, 4) is 5.75 Å². The van der Waals surface area contributed by atoms with E-state index in [4.69, 9.17) is 10.5 Å². The standard InChI is InChI=1S/C20H24N2O5.Fe.H2O2/c23-18-9-5-4-8-17(18)13-22(15-20(26)27)11-10-21(14-19(24)25)12-16-6-2-1-3-7-16;;1-2/h1-9,23H,10-15H2,(H,24,25)(H,26,27);;1-2H/q;+3;/p-4. The van der Waals surface area contributed by atoms with Gasteiger partial charge in [-0.15, -0.1) is 5.75 Å². The van der Waals surface area contributed by atoms with E-state index in [2.05, 4.69) is 0 Å². The van der Waals surface area contributed by atoms with Gasteiger partial charge >= 0.3 is 17.1 Å². The second kappa shape index (κ2) is 15.4. The van der Waals surface area contributed by atoms with Crippen LogP contribution in [-0.2, 0) is 39.7 Å². The fourth-order valence-corrected chi connectivity index (χ4v) is 2.79. The Bertz CT molecular complexity index is 762. The van der Waals surface area contributed by atoms with E-state index >= 15 is 0 Å². The maximum absolute atomic E-state index is 11.9. The van der Waals surface area contributed by atoms with Crippen molar-refractivity contribution >= 4 is 11.9 Å². The molecule has 9 nitrogen and oxygen atoms in total. The van der Waals surface area contributed by atoms with Gasteiger partial charge in [-0.05, 0) is 11.1 Å². The van der Waals surface area contributed by atoms with Crippen molar-refractivity contribution in [3.05, 3.63) is 65.7 Å². The normalized spacial score (nSPS) is 10.1. The van der Waals surface area contributed by atoms with Gasteiger partial charge in [0.25, 0.3) is 0 Å². The summed E-state index contributed by atoms with van der Waals surface area (Å²) in [6.07, 6.45) is 0. The molecule has 1 radical (unpaired) electrons. The molecule has 0 spiro atoms. The summed E-state index contributed by atoms with van der Waals surface area (Å²) in [5, 5.41) is 47.0. The van der Waals surface area contributed by atoms with Gasteiger partial charge in [-0.25, -0.2) is 0 Å². The summed E-state index contributed by atoms with van der Waals surface area (Å²) < 4.78 is 0. The molecule has 0 bridgehead atoms. The molecule has 0 atom stereocenters. The van der Waals surface area contributed by atoms with E-state index in [9.17, 15) is 24.9 Å². The molecule has 2 aromatic carbocycles. The quantitative estimate of drug-likeness (QED) is 0.217. The van der Waals surface area contributed by atoms with Gasteiger partial charge in [0.1, 0.15) is 0 Å². The Balaban J connectivity index is 0.00000272. The second-order valence-electron chi connectivity index (χ2n) is 6.26. The number of carbonyl (C=O) groups excluding carboxylic acids is 2. The average Bonchev–Trinajstić information content (AvgIpc) is 2.69. The fourth-order valence-electron chi connectivity index (χ4n) is 2.79. The Morgan fingerprint density at radius 1 is 0.767 bits per heavy atom.